The number of nitrogens with zero attached hydrogens (tertiary/aromatic N) is 5. The smallest absolute Gasteiger partial charge is 0.194 e. The van der Waals surface area contributed by atoms with E-state index in [1.54, 1.807) is 14.2 Å². The maximum atomic E-state index is 5.50. The Morgan fingerprint density at radius 3 is 2.41 bits per heavy atom. The van der Waals surface area contributed by atoms with Crippen molar-refractivity contribution >= 4 is 5.96 Å². The van der Waals surface area contributed by atoms with Crippen LogP contribution in [0.15, 0.2) is 29.4 Å². The van der Waals surface area contributed by atoms with Crippen LogP contribution in [-0.4, -0.2) is 74.0 Å². The van der Waals surface area contributed by atoms with E-state index in [9.17, 15) is 0 Å². The molecule has 0 aliphatic heterocycles. The van der Waals surface area contributed by atoms with E-state index < -0.39 is 0 Å². The highest BCUT2D eigenvalue weighted by Gasteiger charge is 2.19. The third-order valence-corrected chi connectivity index (χ3v) is 5.42. The van der Waals surface area contributed by atoms with Crippen LogP contribution in [-0.2, 0) is 13.6 Å². The normalized spacial score (nSPS) is 12.9. The minimum absolute atomic E-state index is 0.0986. The van der Waals surface area contributed by atoms with Gasteiger partial charge in [0.15, 0.2) is 17.5 Å². The third kappa shape index (κ3) is 6.38. The Hall–Kier alpha value is -2.74. The molecule has 0 radical (unpaired) electrons. The molecular formula is C24H40N6O2. The number of nitrogens with one attached hydrogen (secondary N) is 1. The summed E-state index contributed by atoms with van der Waals surface area (Å²) in [6.45, 7) is 8.60. The number of aromatic nitrogens is 2. The molecule has 0 aliphatic rings. The van der Waals surface area contributed by atoms with Gasteiger partial charge in [0.2, 0.25) is 0 Å². The van der Waals surface area contributed by atoms with Crippen molar-refractivity contribution in [1.29, 1.82) is 0 Å². The molecule has 32 heavy (non-hydrogen) atoms. The molecular weight excluding hydrogens is 404 g/mol. The van der Waals surface area contributed by atoms with Crippen molar-refractivity contribution in [3.8, 4) is 11.5 Å². The van der Waals surface area contributed by atoms with Crippen molar-refractivity contribution in [3.63, 3.8) is 0 Å². The van der Waals surface area contributed by atoms with Crippen molar-refractivity contribution in [2.45, 2.75) is 39.3 Å². The van der Waals surface area contributed by atoms with Crippen molar-refractivity contribution in [2.24, 2.45) is 12.0 Å². The molecule has 8 nitrogen and oxygen atoms in total. The molecule has 1 heterocycles. The average molecular weight is 445 g/mol. The lowest BCUT2D eigenvalue weighted by Crippen LogP contribution is -2.39. The summed E-state index contributed by atoms with van der Waals surface area (Å²) in [4.78, 5) is 9.31. The number of likely N-dealkylation sites (N-methyl/N-ethyl adjacent to an activating group) is 1. The highest BCUT2D eigenvalue weighted by atomic mass is 16.5. The van der Waals surface area contributed by atoms with E-state index in [2.05, 4.69) is 74.4 Å². The predicted octanol–water partition coefficient (Wildman–Crippen LogP) is 3.26. The van der Waals surface area contributed by atoms with Crippen molar-refractivity contribution in [2.75, 3.05) is 48.5 Å². The average Bonchev–Trinajstić information content (AvgIpc) is 3.12. The predicted molar refractivity (Wildman–Crippen MR) is 131 cm³/mol. The second kappa shape index (κ2) is 11.8. The zero-order chi connectivity index (χ0) is 23.8. The maximum Gasteiger partial charge on any atom is 0.194 e. The molecule has 0 aliphatic carbocycles. The lowest BCUT2D eigenvalue weighted by molar-refractivity contribution is 0.302. The van der Waals surface area contributed by atoms with E-state index in [4.69, 9.17) is 14.5 Å². The van der Waals surface area contributed by atoms with Crippen LogP contribution in [0.3, 0.4) is 0 Å². The molecule has 1 N–H and O–H groups in total. The lowest BCUT2D eigenvalue weighted by atomic mass is 10.1. The summed E-state index contributed by atoms with van der Waals surface area (Å²) in [5.74, 6) is 2.70. The summed E-state index contributed by atoms with van der Waals surface area (Å²) in [5.41, 5.74) is 3.48. The van der Waals surface area contributed by atoms with Crippen LogP contribution in [0.2, 0.25) is 0 Å². The van der Waals surface area contributed by atoms with Gasteiger partial charge in [0.25, 0.3) is 0 Å². The Morgan fingerprint density at radius 2 is 1.84 bits per heavy atom. The highest BCUT2D eigenvalue weighted by Crippen LogP contribution is 2.31. The second-order valence-electron chi connectivity index (χ2n) is 8.51. The summed E-state index contributed by atoms with van der Waals surface area (Å²) in [6, 6.07) is 6.14. The maximum absolute atomic E-state index is 5.50. The topological polar surface area (TPSA) is 67.2 Å². The van der Waals surface area contributed by atoms with E-state index in [1.165, 1.54) is 5.56 Å². The number of ether oxygens (including phenoxy) is 2. The first-order valence-corrected chi connectivity index (χ1v) is 11.1. The Morgan fingerprint density at radius 1 is 1.16 bits per heavy atom. The fourth-order valence-electron chi connectivity index (χ4n) is 3.76. The van der Waals surface area contributed by atoms with Gasteiger partial charge < -0.3 is 24.6 Å². The van der Waals surface area contributed by atoms with Crippen LogP contribution in [0, 0.1) is 0 Å². The highest BCUT2D eigenvalue weighted by molar-refractivity contribution is 5.79. The first-order valence-electron chi connectivity index (χ1n) is 11.1. The summed E-state index contributed by atoms with van der Waals surface area (Å²) >= 11 is 0. The Bertz CT molecular complexity index is 891. The number of aryl methyl sites for hydroxylation is 1. The molecule has 0 fully saturated rings. The molecule has 0 saturated heterocycles. The first kappa shape index (κ1) is 25.5. The van der Waals surface area contributed by atoms with Crippen LogP contribution in [0.25, 0.3) is 0 Å². The minimum atomic E-state index is 0.0986. The van der Waals surface area contributed by atoms with Crippen LogP contribution in [0.4, 0.5) is 0 Å². The van der Waals surface area contributed by atoms with Gasteiger partial charge in [-0.25, -0.2) is 0 Å². The number of aliphatic imine (C=N–C) groups is 1. The number of hydrogen-bond donors (Lipinski definition) is 1. The van der Waals surface area contributed by atoms with Crippen molar-refractivity contribution in [3.05, 3.63) is 41.2 Å². The van der Waals surface area contributed by atoms with Gasteiger partial charge in [-0.05, 0) is 44.6 Å². The number of hydrogen-bond acceptors (Lipinski definition) is 5. The van der Waals surface area contributed by atoms with E-state index in [1.807, 2.05) is 23.9 Å². The lowest BCUT2D eigenvalue weighted by Gasteiger charge is -2.26. The molecule has 178 valence electrons. The third-order valence-electron chi connectivity index (χ3n) is 5.42. The van der Waals surface area contributed by atoms with Crippen LogP contribution in [0.1, 0.15) is 49.6 Å². The fourth-order valence-corrected chi connectivity index (χ4v) is 3.76. The molecule has 1 aromatic heterocycles. The van der Waals surface area contributed by atoms with Crippen molar-refractivity contribution < 1.29 is 9.47 Å². The van der Waals surface area contributed by atoms with Gasteiger partial charge in [-0.15, -0.1) is 0 Å². The standard InChI is InChI=1S/C24H40N6O2/c1-10-25-24(29(6)15-19-16-30(7)27-23(19)17(2)3)26-14-20(28(4)5)18-11-12-21(31-8)22(13-18)32-9/h11-13,16-17,20H,10,14-15H2,1-9H3,(H,25,26). The van der Waals surface area contributed by atoms with Gasteiger partial charge in [0.1, 0.15) is 0 Å². The van der Waals surface area contributed by atoms with Crippen molar-refractivity contribution in [1.82, 2.24) is 24.9 Å². The van der Waals surface area contributed by atoms with Gasteiger partial charge >= 0.3 is 0 Å². The zero-order valence-corrected chi connectivity index (χ0v) is 21.1. The Labute approximate surface area is 193 Å². The van der Waals surface area contributed by atoms with Gasteiger partial charge in [-0.3, -0.25) is 9.67 Å². The van der Waals surface area contributed by atoms with Gasteiger partial charge in [-0.2, -0.15) is 5.10 Å². The molecule has 1 unspecified atom stereocenters. The molecule has 1 atom stereocenters. The van der Waals surface area contributed by atoms with E-state index in [0.717, 1.165) is 41.8 Å². The van der Waals surface area contributed by atoms with Crippen LogP contribution >= 0.6 is 0 Å². The number of benzene rings is 1. The molecule has 2 rings (SSSR count). The number of rotatable bonds is 10. The quantitative estimate of drug-likeness (QED) is 0.448. The molecule has 8 heteroatoms. The van der Waals surface area contributed by atoms with Gasteiger partial charge in [0, 0.05) is 38.9 Å². The molecule has 1 aromatic carbocycles. The van der Waals surface area contributed by atoms with E-state index in [-0.39, 0.29) is 6.04 Å². The first-order chi connectivity index (χ1) is 15.2. The van der Waals surface area contributed by atoms with E-state index >= 15 is 0 Å². The number of methoxy groups -OCH3 is 2. The monoisotopic (exact) mass is 444 g/mol. The molecule has 0 spiro atoms. The summed E-state index contributed by atoms with van der Waals surface area (Å²) in [5, 5.41) is 8.07. The molecule has 0 amide bonds. The van der Waals surface area contributed by atoms with Crippen LogP contribution in [0.5, 0.6) is 11.5 Å². The SMILES string of the molecule is CCNC(=NCC(c1ccc(OC)c(OC)c1)N(C)C)N(C)Cc1cn(C)nc1C(C)C. The van der Waals surface area contributed by atoms with Crippen LogP contribution < -0.4 is 14.8 Å². The molecule has 0 saturated carbocycles. The van der Waals surface area contributed by atoms with Gasteiger partial charge in [-0.1, -0.05) is 19.9 Å². The summed E-state index contributed by atoms with van der Waals surface area (Å²) < 4.78 is 12.8. The molecule has 2 aromatic rings. The summed E-state index contributed by atoms with van der Waals surface area (Å²) in [7, 11) is 11.5. The van der Waals surface area contributed by atoms with E-state index in [0.29, 0.717) is 12.5 Å². The zero-order valence-electron chi connectivity index (χ0n) is 21.1. The second-order valence-corrected chi connectivity index (χ2v) is 8.51. The fraction of sp³-hybridized carbons (Fsp3) is 0.583. The van der Waals surface area contributed by atoms with Gasteiger partial charge in [0.05, 0.1) is 32.5 Å². The minimum Gasteiger partial charge on any atom is -0.493 e. The molecule has 0 bridgehead atoms. The Balaban J connectivity index is 2.26. The number of guanidine groups is 1. The Kier molecular flexibility index (Phi) is 9.38. The largest absolute Gasteiger partial charge is 0.493 e. The summed E-state index contributed by atoms with van der Waals surface area (Å²) in [6.07, 6.45) is 2.10.